The summed E-state index contributed by atoms with van der Waals surface area (Å²) in [5.41, 5.74) is -1.97. The van der Waals surface area contributed by atoms with Crippen LogP contribution in [0.25, 0.3) is 0 Å². The Morgan fingerprint density at radius 2 is 1.65 bits per heavy atom. The Hall–Kier alpha value is -2.77. The van der Waals surface area contributed by atoms with Gasteiger partial charge in [-0.3, -0.25) is 4.79 Å². The molecule has 1 aromatic carbocycles. The number of rotatable bonds is 5. The molecule has 1 saturated carbocycles. The highest BCUT2D eigenvalue weighted by atomic mass is 32.2. The minimum Gasteiger partial charge on any atom is -0.348 e. The first-order chi connectivity index (χ1) is 15.4. The number of aromatic nitrogens is 2. The van der Waals surface area contributed by atoms with E-state index in [0.29, 0.717) is 12.1 Å². The molecule has 0 unspecified atom stereocenters. The third-order valence-corrected chi connectivity index (χ3v) is 8.37. The lowest BCUT2D eigenvalue weighted by molar-refractivity contribution is -0.145. The van der Waals surface area contributed by atoms with Gasteiger partial charge in [0.1, 0.15) is 11.5 Å². The third kappa shape index (κ3) is 5.00. The summed E-state index contributed by atoms with van der Waals surface area (Å²) in [5, 5.41) is 2.44. The molecular formula is C20H18F7N3O3S. The van der Waals surface area contributed by atoms with Gasteiger partial charge in [0, 0.05) is 12.2 Å². The number of hydrogen-bond donors (Lipinski definition) is 1. The molecule has 0 atom stereocenters. The van der Waals surface area contributed by atoms with Crippen LogP contribution in [-0.4, -0.2) is 35.1 Å². The minimum atomic E-state index is -4.95. The highest BCUT2D eigenvalue weighted by Crippen LogP contribution is 2.44. The van der Waals surface area contributed by atoms with E-state index in [0.717, 1.165) is 12.3 Å². The van der Waals surface area contributed by atoms with Crippen molar-refractivity contribution in [3.63, 3.8) is 0 Å². The maximum Gasteiger partial charge on any atom is 0.451 e. The summed E-state index contributed by atoms with van der Waals surface area (Å²) < 4.78 is 115. The number of benzene rings is 1. The normalized spacial score (nSPS) is 19.4. The van der Waals surface area contributed by atoms with E-state index in [2.05, 4.69) is 15.3 Å². The lowest BCUT2D eigenvalue weighted by Crippen LogP contribution is -2.53. The maximum absolute atomic E-state index is 13.7. The average Bonchev–Trinajstić information content (AvgIpc) is 2.68. The first kappa shape index (κ1) is 25.8. The quantitative estimate of drug-likeness (QED) is 0.599. The summed E-state index contributed by atoms with van der Waals surface area (Å²) in [4.78, 5) is 17.6. The van der Waals surface area contributed by atoms with Crippen molar-refractivity contribution in [1.82, 2.24) is 15.3 Å². The van der Waals surface area contributed by atoms with Gasteiger partial charge in [-0.2, -0.15) is 26.3 Å². The molecule has 34 heavy (non-hydrogen) atoms. The monoisotopic (exact) mass is 513 g/mol. The second-order valence-corrected chi connectivity index (χ2v) is 10.9. The molecule has 3 rings (SSSR count). The predicted octanol–water partition coefficient (Wildman–Crippen LogP) is 4.41. The topological polar surface area (TPSA) is 89.0 Å². The fourth-order valence-corrected chi connectivity index (χ4v) is 5.38. The molecule has 1 aromatic heterocycles. The first-order valence-corrected chi connectivity index (χ1v) is 11.2. The Bertz CT molecular complexity index is 1200. The van der Waals surface area contributed by atoms with Gasteiger partial charge in [-0.15, -0.1) is 0 Å². The van der Waals surface area contributed by atoms with Crippen molar-refractivity contribution >= 4 is 15.7 Å². The second kappa shape index (κ2) is 8.47. The SMILES string of the molecule is CC(C)(C1CC(NC(=O)c2ccnc(C(F)(F)F)n2)C1)S(=O)(=O)c1cc(F)cc(C(F)(F)F)c1. The van der Waals surface area contributed by atoms with Gasteiger partial charge in [0.2, 0.25) is 5.82 Å². The molecule has 2 aromatic rings. The van der Waals surface area contributed by atoms with Gasteiger partial charge in [-0.05, 0) is 56.9 Å². The van der Waals surface area contributed by atoms with Crippen LogP contribution in [0.4, 0.5) is 30.7 Å². The molecule has 0 saturated heterocycles. The lowest BCUT2D eigenvalue weighted by Gasteiger charge is -2.44. The number of hydrogen-bond acceptors (Lipinski definition) is 5. The number of nitrogens with zero attached hydrogens (tertiary/aromatic N) is 2. The smallest absolute Gasteiger partial charge is 0.348 e. The van der Waals surface area contributed by atoms with Crippen LogP contribution in [0.5, 0.6) is 0 Å². The largest absolute Gasteiger partial charge is 0.451 e. The number of carbonyl (C=O) groups is 1. The Kier molecular flexibility index (Phi) is 6.44. The van der Waals surface area contributed by atoms with E-state index in [9.17, 15) is 43.9 Å². The standard InChI is InChI=1S/C20H18F7N3O3S/c1-18(2,34(32,33)14-8-11(19(22,23)24)5-12(21)9-14)10-6-13(7-10)29-16(31)15-3-4-28-17(30-15)20(25,26)27/h3-5,8-10,13H,6-7H2,1-2H3,(H,29,31). The van der Waals surface area contributed by atoms with Gasteiger partial charge in [0.25, 0.3) is 5.91 Å². The van der Waals surface area contributed by atoms with Crippen LogP contribution in [0, 0.1) is 11.7 Å². The fourth-order valence-electron chi connectivity index (χ4n) is 3.59. The molecular weight excluding hydrogens is 495 g/mol. The number of amides is 1. The molecule has 14 heteroatoms. The van der Waals surface area contributed by atoms with Gasteiger partial charge in [-0.25, -0.2) is 22.8 Å². The Morgan fingerprint density at radius 1 is 1.03 bits per heavy atom. The molecule has 1 N–H and O–H groups in total. The molecule has 1 aliphatic carbocycles. The molecule has 0 radical (unpaired) electrons. The Balaban J connectivity index is 1.72. The highest BCUT2D eigenvalue weighted by molar-refractivity contribution is 7.92. The number of halogens is 7. The van der Waals surface area contributed by atoms with E-state index < -0.39 is 72.6 Å². The van der Waals surface area contributed by atoms with Gasteiger partial charge in [0.15, 0.2) is 9.84 Å². The van der Waals surface area contributed by atoms with Crippen molar-refractivity contribution in [2.75, 3.05) is 0 Å². The van der Waals surface area contributed by atoms with Crippen molar-refractivity contribution < 1.29 is 43.9 Å². The van der Waals surface area contributed by atoms with Crippen molar-refractivity contribution in [3.05, 3.63) is 53.4 Å². The number of sulfone groups is 1. The second-order valence-electron chi connectivity index (χ2n) is 8.38. The lowest BCUT2D eigenvalue weighted by atomic mass is 9.73. The molecule has 1 amide bonds. The van der Waals surface area contributed by atoms with Crippen LogP contribution >= 0.6 is 0 Å². The van der Waals surface area contributed by atoms with Crippen LogP contribution in [0.3, 0.4) is 0 Å². The zero-order chi connectivity index (χ0) is 25.7. The van der Waals surface area contributed by atoms with Crippen LogP contribution in [0.15, 0.2) is 35.4 Å². The zero-order valence-electron chi connectivity index (χ0n) is 17.6. The molecule has 6 nitrogen and oxygen atoms in total. The number of nitrogens with one attached hydrogen (secondary N) is 1. The summed E-state index contributed by atoms with van der Waals surface area (Å²) in [6.07, 6.45) is -8.86. The first-order valence-electron chi connectivity index (χ1n) is 9.76. The fraction of sp³-hybridized carbons (Fsp3) is 0.450. The molecule has 0 bridgehead atoms. The van der Waals surface area contributed by atoms with Crippen LogP contribution < -0.4 is 5.32 Å². The van der Waals surface area contributed by atoms with Crippen molar-refractivity contribution in [1.29, 1.82) is 0 Å². The molecule has 1 heterocycles. The summed E-state index contributed by atoms with van der Waals surface area (Å²) in [7, 11) is -4.43. The van der Waals surface area contributed by atoms with Crippen molar-refractivity contribution in [3.8, 4) is 0 Å². The van der Waals surface area contributed by atoms with Crippen LogP contribution in [0.1, 0.15) is 48.6 Å². The predicted molar refractivity (Wildman–Crippen MR) is 104 cm³/mol. The molecule has 1 fully saturated rings. The van der Waals surface area contributed by atoms with E-state index >= 15 is 0 Å². The van der Waals surface area contributed by atoms with Crippen molar-refractivity contribution in [2.45, 2.75) is 54.7 Å². The van der Waals surface area contributed by atoms with Gasteiger partial charge in [0.05, 0.1) is 15.2 Å². The van der Waals surface area contributed by atoms with Crippen LogP contribution in [-0.2, 0) is 22.2 Å². The summed E-state index contributed by atoms with van der Waals surface area (Å²) >= 11 is 0. The Morgan fingerprint density at radius 3 is 2.21 bits per heavy atom. The van der Waals surface area contributed by atoms with Crippen molar-refractivity contribution in [2.24, 2.45) is 5.92 Å². The summed E-state index contributed by atoms with van der Waals surface area (Å²) in [5.74, 6) is -4.40. The van der Waals surface area contributed by atoms with E-state index in [1.54, 1.807) is 0 Å². The molecule has 186 valence electrons. The summed E-state index contributed by atoms with van der Waals surface area (Å²) in [6.45, 7) is 2.56. The third-order valence-electron chi connectivity index (χ3n) is 5.80. The maximum atomic E-state index is 13.7. The zero-order valence-corrected chi connectivity index (χ0v) is 18.4. The molecule has 1 aliphatic rings. The van der Waals surface area contributed by atoms with E-state index in [1.807, 2.05) is 0 Å². The number of alkyl halides is 6. The molecule has 0 aliphatic heterocycles. The highest BCUT2D eigenvalue weighted by Gasteiger charge is 2.49. The average molecular weight is 513 g/mol. The van der Waals surface area contributed by atoms with Gasteiger partial charge >= 0.3 is 12.4 Å². The van der Waals surface area contributed by atoms with Gasteiger partial charge in [-0.1, -0.05) is 0 Å². The van der Waals surface area contributed by atoms with Crippen LogP contribution in [0.2, 0.25) is 0 Å². The molecule has 0 spiro atoms. The van der Waals surface area contributed by atoms with Gasteiger partial charge < -0.3 is 5.32 Å². The summed E-state index contributed by atoms with van der Waals surface area (Å²) in [6, 6.07) is 1.45. The van der Waals surface area contributed by atoms with E-state index in [4.69, 9.17) is 0 Å². The van der Waals surface area contributed by atoms with E-state index in [-0.39, 0.29) is 18.9 Å². The number of carbonyl (C=O) groups excluding carboxylic acids is 1. The Labute approximate surface area is 189 Å². The van der Waals surface area contributed by atoms with E-state index in [1.165, 1.54) is 13.8 Å². The minimum absolute atomic E-state index is 0.0800.